The van der Waals surface area contributed by atoms with Gasteiger partial charge in [-0.1, -0.05) is 25.7 Å². The molecule has 1 aliphatic carbocycles. The molecule has 0 spiro atoms. The Balaban J connectivity index is 1.70. The van der Waals surface area contributed by atoms with E-state index in [1.165, 1.54) is 49.8 Å². The molecule has 1 fully saturated rings. The fourth-order valence-electron chi connectivity index (χ4n) is 3.33. The summed E-state index contributed by atoms with van der Waals surface area (Å²) in [5, 5.41) is 17.0. The minimum atomic E-state index is 0.149. The van der Waals surface area contributed by atoms with E-state index < -0.39 is 0 Å². The van der Waals surface area contributed by atoms with E-state index in [0.29, 0.717) is 6.54 Å². The monoisotopic (exact) mass is 279 g/mol. The van der Waals surface area contributed by atoms with Crippen molar-refractivity contribution in [3.8, 4) is 0 Å². The molecule has 1 aromatic heterocycles. The average Bonchev–Trinajstić information content (AvgIpc) is 3.02. The van der Waals surface area contributed by atoms with Gasteiger partial charge >= 0.3 is 0 Å². The predicted molar refractivity (Wildman–Crippen MR) is 81.7 cm³/mol. The first-order chi connectivity index (χ1) is 9.72. The third-order valence-electron chi connectivity index (χ3n) is 4.59. The summed E-state index contributed by atoms with van der Waals surface area (Å²) < 4.78 is 1.91. The van der Waals surface area contributed by atoms with E-state index >= 15 is 0 Å². The van der Waals surface area contributed by atoms with Gasteiger partial charge in [-0.05, 0) is 39.2 Å². The minimum Gasteiger partial charge on any atom is -0.394 e. The van der Waals surface area contributed by atoms with Crippen molar-refractivity contribution >= 4 is 0 Å². The Morgan fingerprint density at radius 3 is 2.75 bits per heavy atom. The second-order valence-electron chi connectivity index (χ2n) is 6.07. The van der Waals surface area contributed by atoms with E-state index in [4.69, 9.17) is 5.11 Å². The molecule has 1 aliphatic rings. The molecule has 0 saturated heterocycles. The number of rotatable bonds is 8. The van der Waals surface area contributed by atoms with Crippen LogP contribution >= 0.6 is 0 Å². The largest absolute Gasteiger partial charge is 0.394 e. The molecule has 0 unspecified atom stereocenters. The van der Waals surface area contributed by atoms with Crippen molar-refractivity contribution in [3.63, 3.8) is 0 Å². The summed E-state index contributed by atoms with van der Waals surface area (Å²) in [7, 11) is 0. The van der Waals surface area contributed by atoms with E-state index in [1.807, 2.05) is 4.68 Å². The number of aryl methyl sites for hydroxylation is 1. The third-order valence-corrected chi connectivity index (χ3v) is 4.59. The number of aliphatic hydroxyl groups excluding tert-OH is 1. The van der Waals surface area contributed by atoms with Crippen molar-refractivity contribution in [1.29, 1.82) is 0 Å². The van der Waals surface area contributed by atoms with Gasteiger partial charge in [-0.2, -0.15) is 5.10 Å². The van der Waals surface area contributed by atoms with Crippen LogP contribution in [0.4, 0.5) is 0 Å². The second-order valence-corrected chi connectivity index (χ2v) is 6.07. The first-order valence-electron chi connectivity index (χ1n) is 8.07. The van der Waals surface area contributed by atoms with Gasteiger partial charge < -0.3 is 10.4 Å². The third kappa shape index (κ3) is 4.06. The Bertz CT molecular complexity index is 408. The molecule has 0 amide bonds. The van der Waals surface area contributed by atoms with Gasteiger partial charge in [0.05, 0.1) is 18.8 Å². The summed E-state index contributed by atoms with van der Waals surface area (Å²) in [6.07, 6.45) is 8.46. The fourth-order valence-corrected chi connectivity index (χ4v) is 3.33. The molecule has 1 aromatic rings. The Morgan fingerprint density at radius 1 is 1.30 bits per heavy atom. The first kappa shape index (κ1) is 15.5. The Morgan fingerprint density at radius 2 is 2.05 bits per heavy atom. The zero-order chi connectivity index (χ0) is 14.4. The van der Waals surface area contributed by atoms with Crippen molar-refractivity contribution in [2.45, 2.75) is 65.5 Å². The van der Waals surface area contributed by atoms with Crippen LogP contribution in [-0.4, -0.2) is 28.0 Å². The maximum Gasteiger partial charge on any atom is 0.0644 e. The van der Waals surface area contributed by atoms with Crippen LogP contribution < -0.4 is 5.32 Å². The van der Waals surface area contributed by atoms with Crippen LogP contribution in [0.2, 0.25) is 0 Å². The SMILES string of the molecule is Cc1nn(CCO)c(C)c1CNCCCC1CCCC1. The van der Waals surface area contributed by atoms with Crippen molar-refractivity contribution in [1.82, 2.24) is 15.1 Å². The van der Waals surface area contributed by atoms with E-state index in [-0.39, 0.29) is 6.61 Å². The molecule has 2 rings (SSSR count). The summed E-state index contributed by atoms with van der Waals surface area (Å²) in [6, 6.07) is 0. The minimum absolute atomic E-state index is 0.149. The van der Waals surface area contributed by atoms with Gasteiger partial charge in [0.25, 0.3) is 0 Å². The Hall–Kier alpha value is -0.870. The van der Waals surface area contributed by atoms with E-state index in [0.717, 1.165) is 24.7 Å². The van der Waals surface area contributed by atoms with Crippen molar-refractivity contribution < 1.29 is 5.11 Å². The van der Waals surface area contributed by atoms with Gasteiger partial charge in [0.2, 0.25) is 0 Å². The Kier molecular flexibility index (Phi) is 6.05. The topological polar surface area (TPSA) is 50.1 Å². The van der Waals surface area contributed by atoms with Crippen LogP contribution in [0.5, 0.6) is 0 Å². The summed E-state index contributed by atoms with van der Waals surface area (Å²) in [5.74, 6) is 0.993. The lowest BCUT2D eigenvalue weighted by Crippen LogP contribution is -2.16. The summed E-state index contributed by atoms with van der Waals surface area (Å²) >= 11 is 0. The number of nitrogens with one attached hydrogen (secondary N) is 1. The van der Waals surface area contributed by atoms with Gasteiger partial charge in [0, 0.05) is 17.8 Å². The summed E-state index contributed by atoms with van der Waals surface area (Å²) in [4.78, 5) is 0. The molecule has 2 N–H and O–H groups in total. The van der Waals surface area contributed by atoms with Crippen LogP contribution in [0.3, 0.4) is 0 Å². The van der Waals surface area contributed by atoms with E-state index in [9.17, 15) is 0 Å². The van der Waals surface area contributed by atoms with Crippen LogP contribution in [-0.2, 0) is 13.1 Å². The van der Waals surface area contributed by atoms with E-state index in [2.05, 4.69) is 24.3 Å². The predicted octanol–water partition coefficient (Wildman–Crippen LogP) is 2.55. The highest BCUT2D eigenvalue weighted by atomic mass is 16.3. The smallest absolute Gasteiger partial charge is 0.0644 e. The first-order valence-corrected chi connectivity index (χ1v) is 8.07. The molecule has 4 heteroatoms. The molecule has 0 aliphatic heterocycles. The summed E-state index contributed by atoms with van der Waals surface area (Å²) in [6.45, 7) is 6.88. The zero-order valence-corrected chi connectivity index (χ0v) is 13.0. The van der Waals surface area contributed by atoms with Crippen molar-refractivity contribution in [2.24, 2.45) is 5.92 Å². The second kappa shape index (κ2) is 7.79. The van der Waals surface area contributed by atoms with Gasteiger partial charge in [-0.3, -0.25) is 4.68 Å². The number of aliphatic hydroxyl groups is 1. The zero-order valence-electron chi connectivity index (χ0n) is 13.0. The number of aromatic nitrogens is 2. The molecule has 20 heavy (non-hydrogen) atoms. The number of hydrogen-bond acceptors (Lipinski definition) is 3. The van der Waals surface area contributed by atoms with Gasteiger partial charge in [-0.15, -0.1) is 0 Å². The lowest BCUT2D eigenvalue weighted by molar-refractivity contribution is 0.267. The molecular weight excluding hydrogens is 250 g/mol. The van der Waals surface area contributed by atoms with Gasteiger partial charge in [0.1, 0.15) is 0 Å². The van der Waals surface area contributed by atoms with Crippen LogP contribution in [0.15, 0.2) is 0 Å². The molecule has 1 saturated carbocycles. The van der Waals surface area contributed by atoms with Gasteiger partial charge in [0.15, 0.2) is 0 Å². The van der Waals surface area contributed by atoms with Crippen LogP contribution in [0.25, 0.3) is 0 Å². The molecule has 0 aromatic carbocycles. The average molecular weight is 279 g/mol. The standard InChI is InChI=1S/C16H29N3O/c1-13-16(14(2)19(18-13)10-11-20)12-17-9-5-8-15-6-3-4-7-15/h15,17,20H,3-12H2,1-2H3. The Labute approximate surface area is 122 Å². The molecule has 0 atom stereocenters. The number of hydrogen-bond donors (Lipinski definition) is 2. The van der Waals surface area contributed by atoms with E-state index in [1.54, 1.807) is 0 Å². The fraction of sp³-hybridized carbons (Fsp3) is 0.812. The maximum atomic E-state index is 9.02. The lowest BCUT2D eigenvalue weighted by atomic mass is 10.0. The number of nitrogens with zero attached hydrogens (tertiary/aromatic N) is 2. The maximum absolute atomic E-state index is 9.02. The van der Waals surface area contributed by atoms with Crippen molar-refractivity contribution in [3.05, 3.63) is 17.0 Å². The highest BCUT2D eigenvalue weighted by Gasteiger charge is 2.14. The van der Waals surface area contributed by atoms with Crippen molar-refractivity contribution in [2.75, 3.05) is 13.2 Å². The normalized spacial score (nSPS) is 16.1. The highest BCUT2D eigenvalue weighted by molar-refractivity contribution is 5.24. The van der Waals surface area contributed by atoms with Crippen LogP contribution in [0.1, 0.15) is 55.5 Å². The highest BCUT2D eigenvalue weighted by Crippen LogP contribution is 2.28. The lowest BCUT2D eigenvalue weighted by Gasteiger charge is -2.09. The molecular formula is C16H29N3O. The molecule has 0 radical (unpaired) electrons. The molecule has 114 valence electrons. The molecule has 1 heterocycles. The molecule has 0 bridgehead atoms. The van der Waals surface area contributed by atoms with Crippen LogP contribution in [0, 0.1) is 19.8 Å². The quantitative estimate of drug-likeness (QED) is 0.719. The molecule has 4 nitrogen and oxygen atoms in total. The van der Waals surface area contributed by atoms with Gasteiger partial charge in [-0.25, -0.2) is 0 Å². The summed E-state index contributed by atoms with van der Waals surface area (Å²) in [5.41, 5.74) is 3.55.